The van der Waals surface area contributed by atoms with Crippen molar-refractivity contribution in [2.24, 2.45) is 0 Å². The van der Waals surface area contributed by atoms with E-state index in [9.17, 15) is 8.42 Å². The topological polar surface area (TPSA) is 79.3 Å². The Kier molecular flexibility index (Phi) is 4.66. The van der Waals surface area contributed by atoms with Crippen LogP contribution in [0, 0.1) is 0 Å². The van der Waals surface area contributed by atoms with E-state index in [0.717, 1.165) is 5.69 Å². The molecule has 1 aromatic carbocycles. The number of nitrogens with zero attached hydrogens (tertiary/aromatic N) is 5. The van der Waals surface area contributed by atoms with E-state index in [1.807, 2.05) is 54.1 Å². The number of rotatable bonds is 5. The van der Waals surface area contributed by atoms with Crippen LogP contribution in [0.4, 0.5) is 17.5 Å². The van der Waals surface area contributed by atoms with E-state index >= 15 is 0 Å². The molecule has 8 heteroatoms. The lowest BCUT2D eigenvalue weighted by atomic mass is 10.2. The van der Waals surface area contributed by atoms with Gasteiger partial charge in [-0.15, -0.1) is 5.10 Å². The highest BCUT2D eigenvalue weighted by Crippen LogP contribution is 2.25. The van der Waals surface area contributed by atoms with Crippen LogP contribution in [0.5, 0.6) is 0 Å². The molecule has 1 unspecified atom stereocenters. The van der Waals surface area contributed by atoms with Crippen LogP contribution in [-0.2, 0) is 9.84 Å². The van der Waals surface area contributed by atoms with Crippen LogP contribution >= 0.6 is 0 Å². The normalized spacial score (nSPS) is 19.2. The van der Waals surface area contributed by atoms with E-state index in [0.29, 0.717) is 24.7 Å². The molecule has 0 amide bonds. The van der Waals surface area contributed by atoms with Gasteiger partial charge in [0.15, 0.2) is 15.7 Å². The average molecular weight is 347 g/mol. The average Bonchev–Trinajstić information content (AvgIpc) is 2.96. The minimum absolute atomic E-state index is 0.0636. The van der Waals surface area contributed by atoms with Crippen molar-refractivity contribution in [3.63, 3.8) is 0 Å². The van der Waals surface area contributed by atoms with Gasteiger partial charge < -0.3 is 9.80 Å². The third-order valence-electron chi connectivity index (χ3n) is 4.28. The van der Waals surface area contributed by atoms with Crippen LogP contribution in [0.2, 0.25) is 0 Å². The van der Waals surface area contributed by atoms with Crippen LogP contribution in [0.25, 0.3) is 0 Å². The smallest absolute Gasteiger partial charge is 0.251 e. The van der Waals surface area contributed by atoms with Crippen molar-refractivity contribution >= 4 is 27.3 Å². The lowest BCUT2D eigenvalue weighted by Crippen LogP contribution is -2.33. The van der Waals surface area contributed by atoms with E-state index in [4.69, 9.17) is 0 Å². The Morgan fingerprint density at radius 1 is 1.25 bits per heavy atom. The molecule has 1 aromatic heterocycles. The van der Waals surface area contributed by atoms with E-state index < -0.39 is 9.84 Å². The van der Waals surface area contributed by atoms with Gasteiger partial charge in [0.1, 0.15) is 0 Å². The molecule has 1 aliphatic rings. The largest absolute Gasteiger partial charge is 0.354 e. The van der Waals surface area contributed by atoms with Crippen molar-refractivity contribution < 1.29 is 8.42 Å². The van der Waals surface area contributed by atoms with Gasteiger partial charge in [-0.2, -0.15) is 10.1 Å². The summed E-state index contributed by atoms with van der Waals surface area (Å²) in [5.41, 5.74) is 0.991. The summed E-state index contributed by atoms with van der Waals surface area (Å²) in [4.78, 5) is 8.45. The molecule has 1 aliphatic heterocycles. The molecule has 1 atom stereocenters. The van der Waals surface area contributed by atoms with Gasteiger partial charge in [0, 0.05) is 25.3 Å². The highest BCUT2D eigenvalue weighted by Gasteiger charge is 2.31. The van der Waals surface area contributed by atoms with E-state index in [1.54, 1.807) is 6.20 Å². The number of hydrogen-bond donors (Lipinski definition) is 0. The zero-order valence-corrected chi connectivity index (χ0v) is 14.6. The molecular weight excluding hydrogens is 326 g/mol. The Bertz CT molecular complexity index is 797. The molecule has 1 saturated heterocycles. The Hall–Kier alpha value is -2.22. The van der Waals surface area contributed by atoms with E-state index in [-0.39, 0.29) is 17.5 Å². The minimum atomic E-state index is -2.94. The lowest BCUT2D eigenvalue weighted by molar-refractivity contribution is 0.600. The summed E-state index contributed by atoms with van der Waals surface area (Å²) in [5, 5.41) is 8.21. The molecule has 0 saturated carbocycles. The predicted octanol–water partition coefficient (Wildman–Crippen LogP) is 1.65. The molecule has 0 N–H and O–H groups in total. The molecule has 1 fully saturated rings. The molecule has 2 heterocycles. The lowest BCUT2D eigenvalue weighted by Gasteiger charge is -2.26. The Labute approximate surface area is 142 Å². The van der Waals surface area contributed by atoms with E-state index in [2.05, 4.69) is 15.2 Å². The van der Waals surface area contributed by atoms with Gasteiger partial charge in [-0.3, -0.25) is 0 Å². The second kappa shape index (κ2) is 6.72. The molecular formula is C16H21N5O2S. The minimum Gasteiger partial charge on any atom is -0.354 e. The van der Waals surface area contributed by atoms with Gasteiger partial charge in [-0.05, 0) is 25.5 Å². The van der Waals surface area contributed by atoms with Crippen molar-refractivity contribution in [3.05, 3.63) is 36.5 Å². The summed E-state index contributed by atoms with van der Waals surface area (Å²) >= 11 is 0. The summed E-state index contributed by atoms with van der Waals surface area (Å²) in [5.74, 6) is 1.54. The Morgan fingerprint density at radius 3 is 2.62 bits per heavy atom. The monoisotopic (exact) mass is 347 g/mol. The summed E-state index contributed by atoms with van der Waals surface area (Å²) in [6, 6.07) is 9.81. The first-order chi connectivity index (χ1) is 11.5. The molecule has 2 aromatic rings. The second-order valence-corrected chi connectivity index (χ2v) is 8.09. The summed E-state index contributed by atoms with van der Waals surface area (Å²) in [6.07, 6.45) is 2.20. The third kappa shape index (κ3) is 3.48. The maximum atomic E-state index is 11.7. The fourth-order valence-corrected chi connectivity index (χ4v) is 4.66. The van der Waals surface area contributed by atoms with Crippen LogP contribution in [-0.4, -0.2) is 54.7 Å². The van der Waals surface area contributed by atoms with Crippen molar-refractivity contribution in [2.45, 2.75) is 19.4 Å². The fraction of sp³-hybridized carbons (Fsp3) is 0.438. The highest BCUT2D eigenvalue weighted by molar-refractivity contribution is 7.91. The Morgan fingerprint density at radius 2 is 2.00 bits per heavy atom. The first-order valence-corrected chi connectivity index (χ1v) is 9.78. The van der Waals surface area contributed by atoms with Gasteiger partial charge in [-0.1, -0.05) is 18.2 Å². The number of benzene rings is 1. The third-order valence-corrected chi connectivity index (χ3v) is 6.03. The number of hydrogen-bond acceptors (Lipinski definition) is 7. The SMILES string of the molecule is CCN(c1ccccc1)c1nncc(N(C)C2CCS(=O)(=O)C2)n1. The summed E-state index contributed by atoms with van der Waals surface area (Å²) in [7, 11) is -1.08. The molecule has 0 aliphatic carbocycles. The molecule has 0 radical (unpaired) electrons. The highest BCUT2D eigenvalue weighted by atomic mass is 32.2. The maximum Gasteiger partial charge on any atom is 0.251 e. The molecule has 0 spiro atoms. The van der Waals surface area contributed by atoms with Gasteiger partial charge >= 0.3 is 0 Å². The zero-order chi connectivity index (χ0) is 17.2. The summed E-state index contributed by atoms with van der Waals surface area (Å²) < 4.78 is 23.4. The van der Waals surface area contributed by atoms with Crippen molar-refractivity contribution in [2.75, 3.05) is 34.9 Å². The van der Waals surface area contributed by atoms with Gasteiger partial charge in [0.25, 0.3) is 5.95 Å². The number of para-hydroxylation sites is 1. The van der Waals surface area contributed by atoms with Crippen LogP contribution in [0.3, 0.4) is 0 Å². The molecule has 0 bridgehead atoms. The second-order valence-electron chi connectivity index (χ2n) is 5.86. The molecule has 7 nitrogen and oxygen atoms in total. The number of aromatic nitrogens is 3. The summed E-state index contributed by atoms with van der Waals surface area (Å²) in [6.45, 7) is 2.73. The first kappa shape index (κ1) is 16.6. The van der Waals surface area contributed by atoms with Crippen LogP contribution < -0.4 is 9.80 Å². The van der Waals surface area contributed by atoms with Gasteiger partial charge in [0.05, 0.1) is 17.7 Å². The number of anilines is 3. The van der Waals surface area contributed by atoms with E-state index in [1.165, 1.54) is 0 Å². The zero-order valence-electron chi connectivity index (χ0n) is 13.8. The van der Waals surface area contributed by atoms with Crippen molar-refractivity contribution in [1.82, 2.24) is 15.2 Å². The van der Waals surface area contributed by atoms with Crippen molar-refractivity contribution in [3.8, 4) is 0 Å². The Balaban J connectivity index is 1.86. The van der Waals surface area contributed by atoms with Gasteiger partial charge in [-0.25, -0.2) is 8.42 Å². The molecule has 128 valence electrons. The quantitative estimate of drug-likeness (QED) is 0.813. The number of sulfone groups is 1. The first-order valence-electron chi connectivity index (χ1n) is 7.96. The standard InChI is InChI=1S/C16H21N5O2S/c1-3-21(13-7-5-4-6-8-13)16-18-15(11-17-19-16)20(2)14-9-10-24(22,23)12-14/h4-8,11,14H,3,9-10,12H2,1-2H3. The van der Waals surface area contributed by atoms with Gasteiger partial charge in [0.2, 0.25) is 0 Å². The van der Waals surface area contributed by atoms with Crippen LogP contribution in [0.1, 0.15) is 13.3 Å². The molecule has 3 rings (SSSR count). The van der Waals surface area contributed by atoms with Crippen LogP contribution in [0.15, 0.2) is 36.5 Å². The fourth-order valence-electron chi connectivity index (χ4n) is 2.89. The maximum absolute atomic E-state index is 11.7. The van der Waals surface area contributed by atoms with Crippen molar-refractivity contribution in [1.29, 1.82) is 0 Å². The predicted molar refractivity (Wildman–Crippen MR) is 94.4 cm³/mol. The molecule has 24 heavy (non-hydrogen) atoms.